The molecule has 5 nitrogen and oxygen atoms in total. The van der Waals surface area contributed by atoms with Gasteiger partial charge < -0.3 is 24.4 Å². The molecule has 120 valence electrons. The van der Waals surface area contributed by atoms with Gasteiger partial charge in [0.25, 0.3) is 0 Å². The van der Waals surface area contributed by atoms with Crippen molar-refractivity contribution >= 4 is 0 Å². The smallest absolute Gasteiger partial charge is 0.159 e. The van der Waals surface area contributed by atoms with E-state index in [4.69, 9.17) is 14.2 Å². The molecule has 0 saturated carbocycles. The van der Waals surface area contributed by atoms with Crippen molar-refractivity contribution in [2.24, 2.45) is 5.92 Å². The quantitative estimate of drug-likeness (QED) is 0.642. The van der Waals surface area contributed by atoms with E-state index in [1.54, 1.807) is 6.92 Å². The van der Waals surface area contributed by atoms with Crippen molar-refractivity contribution in [1.82, 2.24) is 0 Å². The van der Waals surface area contributed by atoms with Crippen molar-refractivity contribution in [2.75, 3.05) is 20.8 Å². The first kappa shape index (κ1) is 18.1. The predicted octanol–water partition coefficient (Wildman–Crippen LogP) is 1.57. The molecule has 0 aliphatic carbocycles. The summed E-state index contributed by atoms with van der Waals surface area (Å²) in [4.78, 5) is 0. The minimum Gasteiger partial charge on any atom is -0.393 e. The molecule has 2 N–H and O–H groups in total. The maximum Gasteiger partial charge on any atom is 0.159 e. The molecule has 0 fully saturated rings. The summed E-state index contributed by atoms with van der Waals surface area (Å²) in [5.41, 5.74) is 1.05. The van der Waals surface area contributed by atoms with Gasteiger partial charge in [-0.3, -0.25) is 0 Å². The number of hydrogen-bond donors (Lipinski definition) is 2. The van der Waals surface area contributed by atoms with Gasteiger partial charge in [-0.1, -0.05) is 37.3 Å². The van der Waals surface area contributed by atoms with E-state index in [-0.39, 0.29) is 12.5 Å². The summed E-state index contributed by atoms with van der Waals surface area (Å²) in [7, 11) is 3.04. The zero-order valence-corrected chi connectivity index (χ0v) is 12.9. The SMILES string of the molecule is COC(C[C@@H](O)[C@H](C)[C@H](O)COCc1ccccc1)OC. The van der Waals surface area contributed by atoms with Gasteiger partial charge in [-0.15, -0.1) is 0 Å². The molecule has 0 heterocycles. The summed E-state index contributed by atoms with van der Waals surface area (Å²) in [5.74, 6) is -0.325. The van der Waals surface area contributed by atoms with Crippen LogP contribution in [-0.4, -0.2) is 49.5 Å². The highest BCUT2D eigenvalue weighted by Crippen LogP contribution is 2.16. The van der Waals surface area contributed by atoms with Gasteiger partial charge >= 0.3 is 0 Å². The van der Waals surface area contributed by atoms with Crippen molar-refractivity contribution < 1.29 is 24.4 Å². The molecule has 1 aromatic carbocycles. The van der Waals surface area contributed by atoms with Gasteiger partial charge in [-0.05, 0) is 5.56 Å². The van der Waals surface area contributed by atoms with Gasteiger partial charge in [0.15, 0.2) is 6.29 Å². The van der Waals surface area contributed by atoms with E-state index in [0.717, 1.165) is 5.56 Å². The lowest BCUT2D eigenvalue weighted by Crippen LogP contribution is -2.35. The van der Waals surface area contributed by atoms with E-state index >= 15 is 0 Å². The minimum atomic E-state index is -0.738. The van der Waals surface area contributed by atoms with Crippen LogP contribution in [0.15, 0.2) is 30.3 Å². The highest BCUT2D eigenvalue weighted by atomic mass is 16.7. The summed E-state index contributed by atoms with van der Waals surface area (Å²) >= 11 is 0. The van der Waals surface area contributed by atoms with Crippen LogP contribution in [0.3, 0.4) is 0 Å². The number of aliphatic hydroxyl groups is 2. The molecular weight excluding hydrogens is 272 g/mol. The van der Waals surface area contributed by atoms with Crippen LogP contribution in [0.25, 0.3) is 0 Å². The second kappa shape index (κ2) is 9.87. The fourth-order valence-corrected chi connectivity index (χ4v) is 1.98. The van der Waals surface area contributed by atoms with Gasteiger partial charge in [0.05, 0.1) is 25.4 Å². The third-order valence-corrected chi connectivity index (χ3v) is 3.57. The summed E-state index contributed by atoms with van der Waals surface area (Å²) in [6.07, 6.45) is -1.62. The van der Waals surface area contributed by atoms with Crippen molar-refractivity contribution in [2.45, 2.75) is 38.4 Å². The topological polar surface area (TPSA) is 68.2 Å². The Labute approximate surface area is 126 Å². The zero-order chi connectivity index (χ0) is 15.7. The fraction of sp³-hybridized carbons (Fsp3) is 0.625. The number of ether oxygens (including phenoxy) is 3. The van der Waals surface area contributed by atoms with Gasteiger partial charge in [0, 0.05) is 26.6 Å². The fourth-order valence-electron chi connectivity index (χ4n) is 1.98. The van der Waals surface area contributed by atoms with E-state index in [1.807, 2.05) is 30.3 Å². The predicted molar refractivity (Wildman–Crippen MR) is 79.7 cm³/mol. The van der Waals surface area contributed by atoms with Crippen molar-refractivity contribution in [3.63, 3.8) is 0 Å². The van der Waals surface area contributed by atoms with Crippen LogP contribution in [0.1, 0.15) is 18.9 Å². The monoisotopic (exact) mass is 298 g/mol. The third-order valence-electron chi connectivity index (χ3n) is 3.57. The van der Waals surface area contributed by atoms with Crippen molar-refractivity contribution in [1.29, 1.82) is 0 Å². The summed E-state index contributed by atoms with van der Waals surface area (Å²) in [6.45, 7) is 2.40. The lowest BCUT2D eigenvalue weighted by atomic mass is 9.96. The van der Waals surface area contributed by atoms with Gasteiger partial charge in [-0.2, -0.15) is 0 Å². The molecule has 0 saturated heterocycles. The first-order chi connectivity index (χ1) is 10.1. The Morgan fingerprint density at radius 3 is 2.19 bits per heavy atom. The molecule has 1 aromatic rings. The number of benzene rings is 1. The van der Waals surface area contributed by atoms with E-state index in [9.17, 15) is 10.2 Å². The molecule has 0 aliphatic rings. The molecule has 5 heteroatoms. The number of hydrogen-bond acceptors (Lipinski definition) is 5. The molecule has 0 aliphatic heterocycles. The summed E-state index contributed by atoms with van der Waals surface area (Å²) < 4.78 is 15.6. The van der Waals surface area contributed by atoms with Gasteiger partial charge in [0.1, 0.15) is 0 Å². The van der Waals surface area contributed by atoms with E-state index in [2.05, 4.69) is 0 Å². The first-order valence-electron chi connectivity index (χ1n) is 7.11. The van der Waals surface area contributed by atoms with Crippen molar-refractivity contribution in [3.8, 4) is 0 Å². The Morgan fingerprint density at radius 2 is 1.62 bits per heavy atom. The van der Waals surface area contributed by atoms with Crippen LogP contribution in [0.4, 0.5) is 0 Å². The minimum absolute atomic E-state index is 0.178. The third kappa shape index (κ3) is 6.54. The molecule has 0 amide bonds. The Hall–Kier alpha value is -0.980. The number of rotatable bonds is 10. The van der Waals surface area contributed by atoms with Gasteiger partial charge in [0.2, 0.25) is 0 Å². The average molecular weight is 298 g/mol. The molecule has 0 spiro atoms. The average Bonchev–Trinajstić information content (AvgIpc) is 2.52. The standard InChI is InChI=1S/C16H26O5/c1-12(14(17)9-16(19-2)20-3)15(18)11-21-10-13-7-5-4-6-8-13/h4-8,12,14-18H,9-11H2,1-3H3/t12-,14+,15+/m0/s1. The lowest BCUT2D eigenvalue weighted by molar-refractivity contribution is -0.135. The Balaban J connectivity index is 2.31. The van der Waals surface area contributed by atoms with Crippen LogP contribution in [-0.2, 0) is 20.8 Å². The second-order valence-corrected chi connectivity index (χ2v) is 5.13. The molecular formula is C16H26O5. The van der Waals surface area contributed by atoms with E-state index in [0.29, 0.717) is 13.0 Å². The molecule has 3 atom stereocenters. The maximum atomic E-state index is 10.1. The zero-order valence-electron chi connectivity index (χ0n) is 12.9. The highest BCUT2D eigenvalue weighted by Gasteiger charge is 2.25. The molecule has 0 unspecified atom stereocenters. The molecule has 0 radical (unpaired) electrons. The van der Waals surface area contributed by atoms with Crippen LogP contribution in [0.2, 0.25) is 0 Å². The summed E-state index contributed by atoms with van der Waals surface area (Å²) in [5, 5.41) is 20.1. The molecule has 0 bridgehead atoms. The molecule has 0 aromatic heterocycles. The van der Waals surface area contributed by atoms with E-state index < -0.39 is 18.5 Å². The Morgan fingerprint density at radius 1 is 1.00 bits per heavy atom. The largest absolute Gasteiger partial charge is 0.393 e. The van der Waals surface area contributed by atoms with Gasteiger partial charge in [-0.25, -0.2) is 0 Å². The first-order valence-corrected chi connectivity index (χ1v) is 7.11. The normalized spacial score (nSPS) is 15.9. The summed E-state index contributed by atoms with van der Waals surface area (Å²) in [6, 6.07) is 9.76. The van der Waals surface area contributed by atoms with Crippen LogP contribution >= 0.6 is 0 Å². The van der Waals surface area contributed by atoms with Crippen molar-refractivity contribution in [3.05, 3.63) is 35.9 Å². The maximum absolute atomic E-state index is 10.1. The van der Waals surface area contributed by atoms with Crippen LogP contribution in [0, 0.1) is 5.92 Å². The van der Waals surface area contributed by atoms with Crippen LogP contribution < -0.4 is 0 Å². The van der Waals surface area contributed by atoms with Crippen LogP contribution in [0.5, 0.6) is 0 Å². The Kier molecular flexibility index (Phi) is 8.49. The number of aliphatic hydroxyl groups excluding tert-OH is 2. The van der Waals surface area contributed by atoms with E-state index in [1.165, 1.54) is 14.2 Å². The lowest BCUT2D eigenvalue weighted by Gasteiger charge is -2.26. The highest BCUT2D eigenvalue weighted by molar-refractivity contribution is 5.13. The molecule has 21 heavy (non-hydrogen) atoms. The molecule has 1 rings (SSSR count). The number of methoxy groups -OCH3 is 2. The second-order valence-electron chi connectivity index (χ2n) is 5.13. The Bertz CT molecular complexity index is 366.